The molecule has 3 N–H and O–H groups in total. The minimum Gasteiger partial charge on any atom is -0.434 e. The number of nitrogens with one attached hydrogen (secondary N) is 1. The molecule has 0 saturated heterocycles. The molecule has 1 aromatic carbocycles. The Morgan fingerprint density at radius 2 is 2.29 bits per heavy atom. The van der Waals surface area contributed by atoms with Crippen molar-refractivity contribution in [2.45, 2.75) is 6.61 Å². The number of thiocarbonyl (C=S) groups is 1. The molecule has 8 heteroatoms. The summed E-state index contributed by atoms with van der Waals surface area (Å²) < 4.78 is 28.5. The second-order valence-corrected chi connectivity index (χ2v) is 3.67. The summed E-state index contributed by atoms with van der Waals surface area (Å²) in [6, 6.07) is 4.25. The van der Waals surface area contributed by atoms with E-state index in [1.54, 1.807) is 0 Å². The van der Waals surface area contributed by atoms with Crippen LogP contribution >= 0.6 is 23.8 Å². The van der Waals surface area contributed by atoms with Crippen molar-refractivity contribution >= 4 is 35.1 Å². The first-order valence-electron chi connectivity index (χ1n) is 4.32. The zero-order valence-corrected chi connectivity index (χ0v) is 9.93. The predicted molar refractivity (Wildman–Crippen MR) is 65.6 cm³/mol. The van der Waals surface area contributed by atoms with Crippen LogP contribution in [0.3, 0.4) is 0 Å². The van der Waals surface area contributed by atoms with Gasteiger partial charge in [-0.3, -0.25) is 5.43 Å². The molecule has 1 rings (SSSR count). The van der Waals surface area contributed by atoms with Gasteiger partial charge in [-0.15, -0.1) is 0 Å². The Bertz CT molecular complexity index is 442. The van der Waals surface area contributed by atoms with Gasteiger partial charge >= 0.3 is 6.61 Å². The minimum atomic E-state index is -2.94. The largest absolute Gasteiger partial charge is 0.434 e. The van der Waals surface area contributed by atoms with Crippen LogP contribution in [0.5, 0.6) is 5.75 Å². The van der Waals surface area contributed by atoms with E-state index in [1.807, 2.05) is 0 Å². The lowest BCUT2D eigenvalue weighted by molar-refractivity contribution is -0.0499. The second-order valence-electron chi connectivity index (χ2n) is 2.79. The number of nitrogens with two attached hydrogens (primary N) is 1. The fourth-order valence-electron chi connectivity index (χ4n) is 0.978. The maximum atomic E-state index is 12.1. The number of ether oxygens (including phenoxy) is 1. The number of hydrazone groups is 1. The summed E-state index contributed by atoms with van der Waals surface area (Å²) in [6.45, 7) is -2.94. The molecule has 1 aromatic rings. The van der Waals surface area contributed by atoms with Gasteiger partial charge in [0.2, 0.25) is 0 Å². The molecule has 0 saturated carbocycles. The summed E-state index contributed by atoms with van der Waals surface area (Å²) in [4.78, 5) is 0. The molecular formula is C9H8ClF2N3OS. The molecule has 0 amide bonds. The van der Waals surface area contributed by atoms with E-state index in [0.717, 1.165) is 0 Å². The highest BCUT2D eigenvalue weighted by molar-refractivity contribution is 7.80. The number of alkyl halides is 2. The van der Waals surface area contributed by atoms with Gasteiger partial charge in [-0.05, 0) is 30.4 Å². The molecule has 92 valence electrons. The summed E-state index contributed by atoms with van der Waals surface area (Å²) in [6.07, 6.45) is 1.24. The van der Waals surface area contributed by atoms with Gasteiger partial charge < -0.3 is 10.5 Å². The average molecular weight is 280 g/mol. The van der Waals surface area contributed by atoms with Crippen LogP contribution in [-0.4, -0.2) is 17.9 Å². The van der Waals surface area contributed by atoms with Crippen LogP contribution in [0.15, 0.2) is 23.3 Å². The fraction of sp³-hybridized carbons (Fsp3) is 0.111. The SMILES string of the molecule is NC(=S)NN=Cc1ccc(Cl)cc1OC(F)F. The molecule has 0 unspecified atom stereocenters. The summed E-state index contributed by atoms with van der Waals surface area (Å²) >= 11 is 10.2. The van der Waals surface area contributed by atoms with Crippen molar-refractivity contribution in [2.24, 2.45) is 10.8 Å². The monoisotopic (exact) mass is 279 g/mol. The van der Waals surface area contributed by atoms with Crippen molar-refractivity contribution in [3.63, 3.8) is 0 Å². The molecule has 0 spiro atoms. The topological polar surface area (TPSA) is 59.6 Å². The normalized spacial score (nSPS) is 10.8. The Morgan fingerprint density at radius 1 is 1.59 bits per heavy atom. The molecule has 0 fully saturated rings. The van der Waals surface area contributed by atoms with Crippen molar-refractivity contribution in [1.82, 2.24) is 5.43 Å². The number of nitrogens with zero attached hydrogens (tertiary/aromatic N) is 1. The first-order valence-corrected chi connectivity index (χ1v) is 5.10. The van der Waals surface area contributed by atoms with Gasteiger partial charge in [0.25, 0.3) is 0 Å². The van der Waals surface area contributed by atoms with Crippen LogP contribution < -0.4 is 15.9 Å². The lowest BCUT2D eigenvalue weighted by Gasteiger charge is -2.07. The van der Waals surface area contributed by atoms with E-state index >= 15 is 0 Å². The Labute approximate surface area is 106 Å². The standard InChI is InChI=1S/C9H8ClF2N3OS/c10-6-2-1-5(4-14-15-9(13)17)7(3-6)16-8(11)12/h1-4,8H,(H3,13,15,17). The van der Waals surface area contributed by atoms with Gasteiger partial charge in [-0.25, -0.2) is 0 Å². The fourth-order valence-corrected chi connectivity index (χ4v) is 1.19. The van der Waals surface area contributed by atoms with Gasteiger partial charge in [0, 0.05) is 10.6 Å². The van der Waals surface area contributed by atoms with E-state index in [0.29, 0.717) is 5.56 Å². The lowest BCUT2D eigenvalue weighted by Crippen LogP contribution is -2.24. The molecule has 0 atom stereocenters. The maximum absolute atomic E-state index is 12.1. The first kappa shape index (κ1) is 13.6. The zero-order valence-electron chi connectivity index (χ0n) is 8.36. The van der Waals surface area contributed by atoms with E-state index in [2.05, 4.69) is 27.5 Å². The van der Waals surface area contributed by atoms with E-state index < -0.39 is 6.61 Å². The van der Waals surface area contributed by atoms with E-state index in [4.69, 9.17) is 17.3 Å². The number of rotatable bonds is 4. The summed E-state index contributed by atoms with van der Waals surface area (Å²) in [5.41, 5.74) is 7.74. The molecule has 0 aliphatic rings. The first-order chi connectivity index (χ1) is 7.99. The third-order valence-corrected chi connectivity index (χ3v) is 1.90. The van der Waals surface area contributed by atoms with Crippen LogP contribution in [0.2, 0.25) is 5.02 Å². The van der Waals surface area contributed by atoms with Crippen LogP contribution in [0, 0.1) is 0 Å². The third kappa shape index (κ3) is 4.92. The quantitative estimate of drug-likeness (QED) is 0.503. The molecule has 0 radical (unpaired) electrons. The second kappa shape index (κ2) is 6.31. The summed E-state index contributed by atoms with van der Waals surface area (Å²) in [5, 5.41) is 3.87. The minimum absolute atomic E-state index is 0.0356. The van der Waals surface area contributed by atoms with Crippen molar-refractivity contribution in [1.29, 1.82) is 0 Å². The number of hydrogen-bond acceptors (Lipinski definition) is 3. The van der Waals surface area contributed by atoms with Crippen molar-refractivity contribution in [3.05, 3.63) is 28.8 Å². The highest BCUT2D eigenvalue weighted by Crippen LogP contribution is 2.23. The van der Waals surface area contributed by atoms with E-state index in [9.17, 15) is 8.78 Å². The summed E-state index contributed by atoms with van der Waals surface area (Å²) in [7, 11) is 0. The zero-order chi connectivity index (χ0) is 12.8. The van der Waals surface area contributed by atoms with Crippen molar-refractivity contribution in [2.75, 3.05) is 0 Å². The van der Waals surface area contributed by atoms with Crippen molar-refractivity contribution < 1.29 is 13.5 Å². The van der Waals surface area contributed by atoms with Crippen LogP contribution in [0.25, 0.3) is 0 Å². The smallest absolute Gasteiger partial charge is 0.387 e. The molecule has 17 heavy (non-hydrogen) atoms. The molecule has 0 aromatic heterocycles. The molecule has 0 bridgehead atoms. The Hall–Kier alpha value is -1.47. The predicted octanol–water partition coefficient (Wildman–Crippen LogP) is 2.11. The number of benzene rings is 1. The van der Waals surface area contributed by atoms with Gasteiger partial charge in [0.15, 0.2) is 5.11 Å². The lowest BCUT2D eigenvalue weighted by atomic mass is 10.2. The highest BCUT2D eigenvalue weighted by atomic mass is 35.5. The third-order valence-electron chi connectivity index (χ3n) is 1.57. The van der Waals surface area contributed by atoms with E-state index in [1.165, 1.54) is 24.4 Å². The molecular weight excluding hydrogens is 272 g/mol. The van der Waals surface area contributed by atoms with Gasteiger partial charge in [-0.1, -0.05) is 11.6 Å². The highest BCUT2D eigenvalue weighted by Gasteiger charge is 2.09. The Morgan fingerprint density at radius 3 is 2.88 bits per heavy atom. The van der Waals surface area contributed by atoms with Crippen LogP contribution in [-0.2, 0) is 0 Å². The Balaban J connectivity index is 2.89. The summed E-state index contributed by atoms with van der Waals surface area (Å²) in [5.74, 6) is -0.0824. The number of hydrogen-bond donors (Lipinski definition) is 2. The van der Waals surface area contributed by atoms with Gasteiger partial charge in [0.1, 0.15) is 5.75 Å². The van der Waals surface area contributed by atoms with E-state index in [-0.39, 0.29) is 15.9 Å². The van der Waals surface area contributed by atoms with Gasteiger partial charge in [-0.2, -0.15) is 13.9 Å². The van der Waals surface area contributed by atoms with Crippen molar-refractivity contribution in [3.8, 4) is 5.75 Å². The Kier molecular flexibility index (Phi) is 5.05. The molecule has 0 heterocycles. The average Bonchev–Trinajstić information content (AvgIpc) is 2.20. The van der Waals surface area contributed by atoms with Crippen LogP contribution in [0.4, 0.5) is 8.78 Å². The van der Waals surface area contributed by atoms with Gasteiger partial charge in [0.05, 0.1) is 6.21 Å². The molecule has 0 aliphatic carbocycles. The maximum Gasteiger partial charge on any atom is 0.387 e. The van der Waals surface area contributed by atoms with Crippen LogP contribution in [0.1, 0.15) is 5.56 Å². The molecule has 0 aliphatic heterocycles. The number of halogens is 3. The molecule has 4 nitrogen and oxygen atoms in total.